The molecule has 0 atom stereocenters. The van der Waals surface area contributed by atoms with Crippen molar-refractivity contribution in [1.29, 1.82) is 0 Å². The van der Waals surface area contributed by atoms with Gasteiger partial charge in [0, 0.05) is 22.8 Å². The molecule has 0 bridgehead atoms. The van der Waals surface area contributed by atoms with Gasteiger partial charge in [-0.15, -0.1) is 6.07 Å². The van der Waals surface area contributed by atoms with E-state index in [2.05, 4.69) is 85.8 Å². The van der Waals surface area contributed by atoms with Crippen LogP contribution in [0.5, 0.6) is 5.75 Å². The Kier molecular flexibility index (Phi) is 9.80. The van der Waals surface area contributed by atoms with Crippen molar-refractivity contribution in [1.82, 2.24) is 0 Å². The van der Waals surface area contributed by atoms with Crippen LogP contribution in [0.4, 0.5) is 0 Å². The molecule has 0 spiro atoms. The van der Waals surface area contributed by atoms with Crippen molar-refractivity contribution in [3.05, 3.63) is 109 Å². The summed E-state index contributed by atoms with van der Waals surface area (Å²) >= 11 is 0. The Morgan fingerprint density at radius 3 is 1.71 bits per heavy atom. The minimum atomic E-state index is -0.571. The Morgan fingerprint density at radius 2 is 1.25 bits per heavy atom. The van der Waals surface area contributed by atoms with Crippen molar-refractivity contribution >= 4 is 23.8 Å². The molecule has 0 N–H and O–H groups in total. The van der Waals surface area contributed by atoms with Crippen LogP contribution in [0.3, 0.4) is 0 Å². The first-order chi connectivity index (χ1) is 13.4. The zero-order chi connectivity index (χ0) is 18.7. The van der Waals surface area contributed by atoms with E-state index >= 15 is 0 Å². The molecule has 0 amide bonds. The number of rotatable bonds is 6. The molecule has 0 aliphatic carbocycles. The molecule has 4 aromatic rings. The number of benzene rings is 2. The van der Waals surface area contributed by atoms with Crippen LogP contribution in [0, 0.1) is 0 Å². The standard InChI is InChI=1S/C20H20OP.C5H5.Fe/c1-2-16-21-19-14-9-15-20(19)22(17-10-5-3-6-11-17)18-12-7-4-8-13-18;1-2-4-5-3-1;/h3-15H,2,16H2,1H3;1-5H;/q-1;-5;. The molecule has 0 heterocycles. The van der Waals surface area contributed by atoms with Crippen molar-refractivity contribution < 1.29 is 21.8 Å². The van der Waals surface area contributed by atoms with Gasteiger partial charge in [-0.2, -0.15) is 0 Å². The average molecular weight is 428 g/mol. The first-order valence-corrected chi connectivity index (χ1v) is 10.7. The van der Waals surface area contributed by atoms with Gasteiger partial charge in [-0.25, -0.2) is 12.1 Å². The Labute approximate surface area is 180 Å². The van der Waals surface area contributed by atoms with Gasteiger partial charge in [-0.3, -0.25) is 0 Å². The van der Waals surface area contributed by atoms with Crippen LogP contribution < -0.4 is 20.7 Å². The minimum absolute atomic E-state index is 0. The van der Waals surface area contributed by atoms with E-state index in [1.807, 2.05) is 30.3 Å². The van der Waals surface area contributed by atoms with Crippen LogP contribution >= 0.6 is 7.92 Å². The molecule has 0 radical (unpaired) electrons. The number of hydrogen-bond donors (Lipinski definition) is 0. The summed E-state index contributed by atoms with van der Waals surface area (Å²) in [5.74, 6) is 1.03. The van der Waals surface area contributed by atoms with Gasteiger partial charge in [0.05, 0.1) is 6.61 Å². The maximum atomic E-state index is 5.97. The molecule has 0 fully saturated rings. The van der Waals surface area contributed by atoms with E-state index in [0.29, 0.717) is 0 Å². The molecule has 4 aromatic carbocycles. The molecular weight excluding hydrogens is 403 g/mol. The molecule has 0 aromatic heterocycles. The second kappa shape index (κ2) is 12.4. The fraction of sp³-hybridized carbons (Fsp3) is 0.120. The van der Waals surface area contributed by atoms with Crippen LogP contribution in [-0.2, 0) is 17.1 Å². The summed E-state index contributed by atoms with van der Waals surface area (Å²) in [6.07, 6.45) is 1.03. The van der Waals surface area contributed by atoms with E-state index in [0.717, 1.165) is 18.8 Å². The van der Waals surface area contributed by atoms with E-state index in [-0.39, 0.29) is 17.1 Å². The third-order valence-electron chi connectivity index (χ3n) is 4.04. The van der Waals surface area contributed by atoms with Crippen LogP contribution in [0.15, 0.2) is 109 Å². The molecule has 1 nitrogen and oxygen atoms in total. The SMILES string of the molecule is CCCO[c-]1cccc1P(c1ccccc1)c1ccccc1.[Fe].[cH-]1[cH-][cH-][cH-][cH-]1. The molecule has 150 valence electrons. The molecule has 3 heteroatoms. The van der Waals surface area contributed by atoms with Crippen LogP contribution in [0.1, 0.15) is 13.3 Å². The third-order valence-corrected chi connectivity index (χ3v) is 6.52. The van der Waals surface area contributed by atoms with Crippen molar-refractivity contribution in [3.8, 4) is 5.75 Å². The van der Waals surface area contributed by atoms with Crippen LogP contribution in [-0.4, -0.2) is 6.61 Å². The number of ether oxygens (including phenoxy) is 1. The van der Waals surface area contributed by atoms with Gasteiger partial charge in [0.2, 0.25) is 0 Å². The number of hydrogen-bond acceptors (Lipinski definition) is 1. The first kappa shape index (κ1) is 22.2. The van der Waals surface area contributed by atoms with Crippen molar-refractivity contribution in [2.45, 2.75) is 13.3 Å². The van der Waals surface area contributed by atoms with Gasteiger partial charge < -0.3 is 35.1 Å². The predicted octanol–water partition coefficient (Wildman–Crippen LogP) is 5.36. The maximum absolute atomic E-state index is 5.97. The van der Waals surface area contributed by atoms with Gasteiger partial charge in [-0.05, 0) is 25.0 Å². The van der Waals surface area contributed by atoms with Crippen molar-refractivity contribution in [2.75, 3.05) is 6.61 Å². The molecule has 0 aliphatic heterocycles. The summed E-state index contributed by atoms with van der Waals surface area (Å²) in [6.45, 7) is 2.91. The fourth-order valence-electron chi connectivity index (χ4n) is 2.82. The van der Waals surface area contributed by atoms with E-state index in [4.69, 9.17) is 4.74 Å². The van der Waals surface area contributed by atoms with Gasteiger partial charge in [0.1, 0.15) is 0 Å². The molecule has 0 unspecified atom stereocenters. The van der Waals surface area contributed by atoms with E-state index in [1.54, 1.807) is 0 Å². The Balaban J connectivity index is 0.000000408. The smallest absolute Gasteiger partial charge is 0.0712 e. The van der Waals surface area contributed by atoms with Crippen LogP contribution in [0.25, 0.3) is 0 Å². The van der Waals surface area contributed by atoms with Gasteiger partial charge in [-0.1, -0.05) is 72.9 Å². The monoisotopic (exact) mass is 428 g/mol. The average Bonchev–Trinajstić information content (AvgIpc) is 3.44. The second-order valence-electron chi connectivity index (χ2n) is 6.09. The summed E-state index contributed by atoms with van der Waals surface area (Å²) < 4.78 is 5.97. The molecule has 0 aliphatic rings. The predicted molar refractivity (Wildman–Crippen MR) is 119 cm³/mol. The quantitative estimate of drug-likeness (QED) is 0.228. The fourth-order valence-corrected chi connectivity index (χ4v) is 5.20. The topological polar surface area (TPSA) is 9.23 Å². The second-order valence-corrected chi connectivity index (χ2v) is 8.28. The Morgan fingerprint density at radius 1 is 0.750 bits per heavy atom. The van der Waals surface area contributed by atoms with Crippen LogP contribution in [0.2, 0.25) is 0 Å². The summed E-state index contributed by atoms with van der Waals surface area (Å²) in [4.78, 5) is 0. The summed E-state index contributed by atoms with van der Waals surface area (Å²) in [7, 11) is -0.571. The summed E-state index contributed by atoms with van der Waals surface area (Å²) in [6, 6.07) is 37.9. The molecule has 4 rings (SSSR count). The van der Waals surface area contributed by atoms with Gasteiger partial charge in [0.25, 0.3) is 0 Å². The zero-order valence-electron chi connectivity index (χ0n) is 16.0. The zero-order valence-corrected chi connectivity index (χ0v) is 18.0. The molecule has 0 saturated heterocycles. The van der Waals surface area contributed by atoms with E-state index < -0.39 is 7.92 Å². The molecule has 0 saturated carbocycles. The largest absolute Gasteiger partial charge is 0.748 e. The molecule has 28 heavy (non-hydrogen) atoms. The van der Waals surface area contributed by atoms with Crippen molar-refractivity contribution in [3.63, 3.8) is 0 Å². The van der Waals surface area contributed by atoms with E-state index in [1.165, 1.54) is 15.9 Å². The third kappa shape index (κ3) is 6.21. The maximum Gasteiger partial charge on any atom is 0.0712 e. The normalized spacial score (nSPS) is 9.93. The summed E-state index contributed by atoms with van der Waals surface area (Å²) in [5, 5.41) is 4.02. The van der Waals surface area contributed by atoms with Crippen molar-refractivity contribution in [2.24, 2.45) is 0 Å². The van der Waals surface area contributed by atoms with E-state index in [9.17, 15) is 0 Å². The van der Waals surface area contributed by atoms with Gasteiger partial charge >= 0.3 is 0 Å². The first-order valence-electron chi connectivity index (χ1n) is 9.35. The summed E-state index contributed by atoms with van der Waals surface area (Å²) in [5.41, 5.74) is 0. The molecular formula is C25H25FeOP-6. The Bertz CT molecular complexity index is 813. The minimum Gasteiger partial charge on any atom is -0.748 e. The Hall–Kier alpha value is -2.11. The van der Waals surface area contributed by atoms with Gasteiger partial charge in [0.15, 0.2) is 0 Å².